The third-order valence-corrected chi connectivity index (χ3v) is 2.86. The number of nitrogens with zero attached hydrogens (tertiary/aromatic N) is 1. The van der Waals surface area contributed by atoms with E-state index in [2.05, 4.69) is 18.8 Å². The number of benzene rings is 1. The van der Waals surface area contributed by atoms with Gasteiger partial charge < -0.3 is 5.32 Å². The summed E-state index contributed by atoms with van der Waals surface area (Å²) in [6.45, 7) is 7.63. The number of hydrogen-bond donors (Lipinski definition) is 1. The van der Waals surface area contributed by atoms with Crippen LogP contribution in [0.2, 0.25) is 0 Å². The summed E-state index contributed by atoms with van der Waals surface area (Å²) >= 11 is 0. The molecule has 4 nitrogen and oxygen atoms in total. The first-order valence-corrected chi connectivity index (χ1v) is 6.18. The lowest BCUT2D eigenvalue weighted by Crippen LogP contribution is -2.16. The SMILES string of the molecule is C=CCC(C)CCNCc1ccc([N+](=O)[O-])cc1. The second-order valence-electron chi connectivity index (χ2n) is 4.52. The first kappa shape index (κ1) is 14.4. The van der Waals surface area contributed by atoms with Crippen LogP contribution < -0.4 is 5.32 Å². The Bertz CT molecular complexity index is 387. The maximum Gasteiger partial charge on any atom is 0.269 e. The Balaban J connectivity index is 2.27. The Morgan fingerprint density at radius 2 is 2.11 bits per heavy atom. The molecule has 1 aromatic carbocycles. The van der Waals surface area contributed by atoms with Crippen LogP contribution in [0.15, 0.2) is 36.9 Å². The molecule has 0 aliphatic carbocycles. The van der Waals surface area contributed by atoms with Gasteiger partial charge in [0.15, 0.2) is 0 Å². The van der Waals surface area contributed by atoms with Crippen molar-refractivity contribution in [2.24, 2.45) is 5.92 Å². The van der Waals surface area contributed by atoms with Crippen LogP contribution >= 0.6 is 0 Å². The highest BCUT2D eigenvalue weighted by Crippen LogP contribution is 2.12. The van der Waals surface area contributed by atoms with Crippen LogP contribution in [-0.4, -0.2) is 11.5 Å². The monoisotopic (exact) mass is 248 g/mol. The topological polar surface area (TPSA) is 55.2 Å². The summed E-state index contributed by atoms with van der Waals surface area (Å²) in [7, 11) is 0. The molecule has 18 heavy (non-hydrogen) atoms. The maximum absolute atomic E-state index is 10.5. The minimum atomic E-state index is -0.381. The van der Waals surface area contributed by atoms with Crippen LogP contribution in [0, 0.1) is 16.0 Å². The molecule has 0 aliphatic rings. The summed E-state index contributed by atoms with van der Waals surface area (Å²) in [6, 6.07) is 6.66. The molecule has 1 unspecified atom stereocenters. The molecule has 0 aliphatic heterocycles. The third kappa shape index (κ3) is 5.10. The molecular formula is C14H20N2O2. The zero-order valence-corrected chi connectivity index (χ0v) is 10.8. The number of nitrogens with one attached hydrogen (secondary N) is 1. The third-order valence-electron chi connectivity index (χ3n) is 2.86. The molecule has 4 heteroatoms. The fraction of sp³-hybridized carbons (Fsp3) is 0.429. The molecule has 1 N–H and O–H groups in total. The Hall–Kier alpha value is -1.68. The van der Waals surface area contributed by atoms with Gasteiger partial charge in [-0.25, -0.2) is 0 Å². The number of nitro groups is 1. The highest BCUT2D eigenvalue weighted by molar-refractivity contribution is 5.32. The van der Waals surface area contributed by atoms with Gasteiger partial charge in [0.2, 0.25) is 0 Å². The molecule has 98 valence electrons. The minimum absolute atomic E-state index is 0.137. The normalized spacial score (nSPS) is 12.1. The predicted octanol–water partition coefficient (Wildman–Crippen LogP) is 3.29. The van der Waals surface area contributed by atoms with Crippen molar-refractivity contribution in [3.05, 3.63) is 52.6 Å². The average Bonchev–Trinajstić information content (AvgIpc) is 2.35. The molecule has 0 amide bonds. The molecule has 0 radical (unpaired) electrons. The second-order valence-corrected chi connectivity index (χ2v) is 4.52. The largest absolute Gasteiger partial charge is 0.313 e. The average molecular weight is 248 g/mol. The minimum Gasteiger partial charge on any atom is -0.313 e. The predicted molar refractivity (Wildman–Crippen MR) is 73.4 cm³/mol. The summed E-state index contributed by atoms with van der Waals surface area (Å²) in [4.78, 5) is 10.1. The van der Waals surface area contributed by atoms with E-state index >= 15 is 0 Å². The summed E-state index contributed by atoms with van der Waals surface area (Å²) in [5.74, 6) is 0.645. The van der Waals surface area contributed by atoms with E-state index in [4.69, 9.17) is 0 Å². The lowest BCUT2D eigenvalue weighted by molar-refractivity contribution is -0.384. The summed E-state index contributed by atoms with van der Waals surface area (Å²) in [6.07, 6.45) is 4.10. The van der Waals surface area contributed by atoms with E-state index < -0.39 is 0 Å². The smallest absolute Gasteiger partial charge is 0.269 e. The fourth-order valence-electron chi connectivity index (χ4n) is 1.72. The molecule has 1 aromatic rings. The quantitative estimate of drug-likeness (QED) is 0.332. The first-order chi connectivity index (χ1) is 8.63. The fourth-order valence-corrected chi connectivity index (χ4v) is 1.72. The van der Waals surface area contributed by atoms with Gasteiger partial charge in [-0.05, 0) is 30.9 Å². The van der Waals surface area contributed by atoms with Crippen molar-refractivity contribution in [3.63, 3.8) is 0 Å². The number of allylic oxidation sites excluding steroid dienone is 1. The number of hydrogen-bond acceptors (Lipinski definition) is 3. The van der Waals surface area contributed by atoms with Crippen molar-refractivity contribution in [1.82, 2.24) is 5.32 Å². The highest BCUT2D eigenvalue weighted by atomic mass is 16.6. The molecule has 0 bridgehead atoms. The van der Waals surface area contributed by atoms with Gasteiger partial charge in [-0.3, -0.25) is 10.1 Å². The van der Waals surface area contributed by atoms with Crippen molar-refractivity contribution < 1.29 is 4.92 Å². The Morgan fingerprint density at radius 1 is 1.44 bits per heavy atom. The van der Waals surface area contributed by atoms with Gasteiger partial charge in [0, 0.05) is 18.7 Å². The van der Waals surface area contributed by atoms with E-state index in [1.165, 1.54) is 12.1 Å². The van der Waals surface area contributed by atoms with Crippen LogP contribution in [0.5, 0.6) is 0 Å². The van der Waals surface area contributed by atoms with E-state index in [0.29, 0.717) is 5.92 Å². The number of non-ortho nitro benzene ring substituents is 1. The van der Waals surface area contributed by atoms with E-state index in [0.717, 1.165) is 31.5 Å². The second kappa shape index (κ2) is 7.61. The van der Waals surface area contributed by atoms with Gasteiger partial charge in [0.25, 0.3) is 5.69 Å². The van der Waals surface area contributed by atoms with Crippen molar-refractivity contribution >= 4 is 5.69 Å². The summed E-state index contributed by atoms with van der Waals surface area (Å²) in [5, 5.41) is 13.8. The molecule has 0 saturated heterocycles. The summed E-state index contributed by atoms with van der Waals surface area (Å²) < 4.78 is 0. The standard InChI is InChI=1S/C14H20N2O2/c1-3-4-12(2)9-10-15-11-13-5-7-14(8-6-13)16(17)18/h3,5-8,12,15H,1,4,9-11H2,2H3. The van der Waals surface area contributed by atoms with Crippen molar-refractivity contribution in [2.45, 2.75) is 26.3 Å². The Kier molecular flexibility index (Phi) is 6.08. The molecule has 0 heterocycles. The lowest BCUT2D eigenvalue weighted by Gasteiger charge is -2.09. The van der Waals surface area contributed by atoms with Gasteiger partial charge in [-0.2, -0.15) is 0 Å². The molecule has 1 rings (SSSR count). The van der Waals surface area contributed by atoms with E-state index in [-0.39, 0.29) is 10.6 Å². The van der Waals surface area contributed by atoms with Crippen molar-refractivity contribution in [2.75, 3.05) is 6.54 Å². The molecule has 0 spiro atoms. The van der Waals surface area contributed by atoms with Gasteiger partial charge in [-0.1, -0.05) is 25.1 Å². The Morgan fingerprint density at radius 3 is 2.67 bits per heavy atom. The first-order valence-electron chi connectivity index (χ1n) is 6.18. The van der Waals surface area contributed by atoms with Crippen LogP contribution in [0.3, 0.4) is 0 Å². The van der Waals surface area contributed by atoms with Gasteiger partial charge in [0.05, 0.1) is 4.92 Å². The molecular weight excluding hydrogens is 228 g/mol. The van der Waals surface area contributed by atoms with Crippen LogP contribution in [0.4, 0.5) is 5.69 Å². The molecule has 1 atom stereocenters. The van der Waals surface area contributed by atoms with E-state index in [1.807, 2.05) is 6.08 Å². The van der Waals surface area contributed by atoms with Crippen LogP contribution in [0.25, 0.3) is 0 Å². The Labute approximate surface area is 108 Å². The van der Waals surface area contributed by atoms with E-state index in [9.17, 15) is 10.1 Å². The number of rotatable bonds is 8. The number of nitro benzene ring substituents is 1. The van der Waals surface area contributed by atoms with Crippen molar-refractivity contribution in [3.8, 4) is 0 Å². The molecule has 0 aromatic heterocycles. The lowest BCUT2D eigenvalue weighted by atomic mass is 10.0. The van der Waals surface area contributed by atoms with Crippen molar-refractivity contribution in [1.29, 1.82) is 0 Å². The van der Waals surface area contributed by atoms with Gasteiger partial charge in [-0.15, -0.1) is 6.58 Å². The molecule has 0 fully saturated rings. The summed E-state index contributed by atoms with van der Waals surface area (Å²) in [5.41, 5.74) is 1.20. The van der Waals surface area contributed by atoms with Crippen LogP contribution in [-0.2, 0) is 6.54 Å². The van der Waals surface area contributed by atoms with Crippen LogP contribution in [0.1, 0.15) is 25.3 Å². The van der Waals surface area contributed by atoms with E-state index in [1.54, 1.807) is 12.1 Å². The zero-order chi connectivity index (χ0) is 13.4. The maximum atomic E-state index is 10.5. The van der Waals surface area contributed by atoms with Gasteiger partial charge in [0.1, 0.15) is 0 Å². The highest BCUT2D eigenvalue weighted by Gasteiger charge is 2.03. The molecule has 0 saturated carbocycles. The van der Waals surface area contributed by atoms with Gasteiger partial charge >= 0.3 is 0 Å². The zero-order valence-electron chi connectivity index (χ0n) is 10.8.